The lowest BCUT2D eigenvalue weighted by atomic mass is 10.3. The van der Waals surface area contributed by atoms with Gasteiger partial charge in [0.05, 0.1) is 35.8 Å². The van der Waals surface area contributed by atoms with Crippen molar-refractivity contribution >= 4 is 137 Å². The second-order valence-corrected chi connectivity index (χ2v) is 12.5. The maximum atomic E-state index is 13.4. The fraction of sp³-hybridized carbons (Fsp3) is 0. The maximum absolute atomic E-state index is 13.4. The van der Waals surface area contributed by atoms with Crippen LogP contribution in [0, 0.1) is 0 Å². The molecule has 13 heteroatoms. The average Bonchev–Trinajstić information content (AvgIpc) is 2.54. The minimum Gasteiger partial charge on any atom is -0.505 e. The van der Waals surface area contributed by atoms with Crippen molar-refractivity contribution in [2.75, 3.05) is 0 Å². The van der Waals surface area contributed by atoms with Gasteiger partial charge in [-0.1, -0.05) is 0 Å². The highest BCUT2D eigenvalue weighted by Crippen LogP contribution is 2.53. The Morgan fingerprint density at radius 1 is 0.480 bits per heavy atom. The molecular weight excluding hydrogens is 879 g/mol. The first kappa shape index (κ1) is 23.1. The molecule has 0 fully saturated rings. The largest absolute Gasteiger partial charge is 0.505 e. The Kier molecular flexibility index (Phi) is 7.66. The second-order valence-electron chi connectivity index (χ2n) is 4.37. The predicted octanol–water partition coefficient (Wildman–Crippen LogP) is 8.03. The summed E-state index contributed by atoms with van der Waals surface area (Å²) >= 11 is 25.5. The first-order valence-electron chi connectivity index (χ1n) is 5.70. The third-order valence-corrected chi connectivity index (χ3v) is 14.3. The van der Waals surface area contributed by atoms with Gasteiger partial charge in [0, 0.05) is 0 Å². The molecule has 0 bridgehead atoms. The maximum Gasteiger partial charge on any atom is 0.211 e. The number of rotatable bonds is 2. The van der Waals surface area contributed by atoms with Gasteiger partial charge >= 0.3 is 0 Å². The number of phenolic OH excluding ortho intramolecular Hbond substituents is 2. The molecule has 0 aliphatic heterocycles. The Morgan fingerprint density at radius 2 is 0.680 bits per heavy atom. The zero-order valence-corrected chi connectivity index (χ0v) is 24.6. The van der Waals surface area contributed by atoms with Crippen molar-refractivity contribution in [3.63, 3.8) is 0 Å². The molecule has 0 aromatic heterocycles. The summed E-state index contributed by atoms with van der Waals surface area (Å²) in [5, 5.41) is 20.1. The van der Waals surface area contributed by atoms with Crippen molar-refractivity contribution in [3.05, 3.63) is 35.8 Å². The van der Waals surface area contributed by atoms with E-state index in [1.807, 2.05) is 0 Å². The van der Waals surface area contributed by atoms with Gasteiger partial charge in [0.2, 0.25) is 9.84 Å². The van der Waals surface area contributed by atoms with E-state index in [2.05, 4.69) is 127 Å². The Hall–Kier alpha value is 1.83. The van der Waals surface area contributed by atoms with Crippen molar-refractivity contribution < 1.29 is 18.6 Å². The van der Waals surface area contributed by atoms with Crippen molar-refractivity contribution in [3.8, 4) is 11.5 Å². The van der Waals surface area contributed by atoms with Crippen LogP contribution in [0.2, 0.25) is 0 Å². The molecule has 136 valence electrons. The average molecular weight is 881 g/mol. The Balaban J connectivity index is 3.02. The molecule has 0 saturated carbocycles. The van der Waals surface area contributed by atoms with Gasteiger partial charge in [-0.2, -0.15) is 0 Å². The van der Waals surface area contributed by atoms with Crippen LogP contribution < -0.4 is 0 Å². The van der Waals surface area contributed by atoms with Gasteiger partial charge in [0.25, 0.3) is 0 Å². The first-order chi connectivity index (χ1) is 11.4. The van der Waals surface area contributed by atoms with Gasteiger partial charge in [-0.15, -0.1) is 0 Å². The Labute approximate surface area is 210 Å². The van der Waals surface area contributed by atoms with Crippen LogP contribution in [-0.2, 0) is 9.84 Å². The topological polar surface area (TPSA) is 74.6 Å². The number of aromatic hydroxyl groups is 2. The van der Waals surface area contributed by atoms with Crippen LogP contribution in [-0.4, -0.2) is 18.6 Å². The van der Waals surface area contributed by atoms with Gasteiger partial charge in [-0.25, -0.2) is 8.42 Å². The summed E-state index contributed by atoms with van der Waals surface area (Å²) in [6.45, 7) is 0. The summed E-state index contributed by atoms with van der Waals surface area (Å²) in [7, 11) is -4.11. The van der Waals surface area contributed by atoms with Crippen LogP contribution in [0.15, 0.2) is 45.6 Å². The summed E-state index contributed by atoms with van der Waals surface area (Å²) in [6.07, 6.45) is 0. The van der Waals surface area contributed by atoms with E-state index in [1.165, 1.54) is 0 Å². The fourth-order valence-corrected chi connectivity index (χ4v) is 10.6. The molecule has 0 spiro atoms. The summed E-state index contributed by atoms with van der Waals surface area (Å²) in [5.74, 6) is -0.326. The Bertz CT molecular complexity index is 885. The molecule has 2 aromatic rings. The van der Waals surface area contributed by atoms with Crippen molar-refractivity contribution in [2.24, 2.45) is 0 Å². The van der Waals surface area contributed by atoms with Crippen LogP contribution in [0.25, 0.3) is 0 Å². The molecule has 0 unspecified atom stereocenters. The molecule has 0 amide bonds. The first-order valence-corrected chi connectivity index (χ1v) is 13.5. The highest BCUT2D eigenvalue weighted by Gasteiger charge is 2.34. The predicted molar refractivity (Wildman–Crippen MR) is 123 cm³/mol. The standard InChI is InChI=1S/C12H2Br8O4S/c13-1-5(17)11(6(18)2(14)9(1)21)25(23,24)12-7(19)3(15)10(22)4(16)8(12)20/h21-22H. The highest BCUT2D eigenvalue weighted by atomic mass is 79.9. The zero-order chi connectivity index (χ0) is 19.4. The molecule has 2 aromatic carbocycles. The molecule has 0 heterocycles. The zero-order valence-electron chi connectivity index (χ0n) is 11.1. The number of benzene rings is 2. The van der Waals surface area contributed by atoms with E-state index in [9.17, 15) is 18.6 Å². The lowest BCUT2D eigenvalue weighted by Gasteiger charge is -2.17. The molecule has 2 N–H and O–H groups in total. The van der Waals surface area contributed by atoms with E-state index in [-0.39, 0.29) is 57.1 Å². The minimum absolute atomic E-state index is 0.116. The monoisotopic (exact) mass is 873 g/mol. The molecule has 4 nitrogen and oxygen atoms in total. The van der Waals surface area contributed by atoms with Crippen molar-refractivity contribution in [1.29, 1.82) is 0 Å². The molecule has 0 aliphatic carbocycles. The summed E-state index contributed by atoms with van der Waals surface area (Å²) < 4.78 is 28.0. The summed E-state index contributed by atoms with van der Waals surface area (Å²) in [5.41, 5.74) is 0. The van der Waals surface area contributed by atoms with E-state index in [4.69, 9.17) is 0 Å². The molecule has 0 radical (unpaired) electrons. The van der Waals surface area contributed by atoms with Gasteiger partial charge in [0.15, 0.2) is 0 Å². The van der Waals surface area contributed by atoms with Crippen molar-refractivity contribution in [2.45, 2.75) is 9.79 Å². The van der Waals surface area contributed by atoms with E-state index in [1.54, 1.807) is 0 Å². The molecule has 2 rings (SSSR count). The van der Waals surface area contributed by atoms with Gasteiger partial charge < -0.3 is 10.2 Å². The summed E-state index contributed by atoms with van der Waals surface area (Å²) in [6, 6.07) is 0. The molecule has 0 aliphatic rings. The van der Waals surface area contributed by atoms with Gasteiger partial charge in [0.1, 0.15) is 21.3 Å². The third kappa shape index (κ3) is 3.84. The van der Waals surface area contributed by atoms with Crippen LogP contribution in [0.3, 0.4) is 0 Å². The third-order valence-electron chi connectivity index (χ3n) is 2.94. The van der Waals surface area contributed by atoms with E-state index in [0.29, 0.717) is 0 Å². The SMILES string of the molecule is O=S(=O)(c1c(Br)c(Br)c(O)c(Br)c1Br)c1c(Br)c(Br)c(O)c(Br)c1Br. The lowest BCUT2D eigenvalue weighted by molar-refractivity contribution is 0.466. The minimum atomic E-state index is -4.11. The molecule has 0 atom stereocenters. The quantitative estimate of drug-likeness (QED) is 0.300. The number of hydrogen-bond donors (Lipinski definition) is 2. The highest BCUT2D eigenvalue weighted by molar-refractivity contribution is 9.14. The number of hydrogen-bond acceptors (Lipinski definition) is 4. The molecule has 0 saturated heterocycles. The second kappa shape index (κ2) is 8.29. The van der Waals surface area contributed by atoms with Crippen LogP contribution in [0.4, 0.5) is 0 Å². The normalized spacial score (nSPS) is 11.8. The van der Waals surface area contributed by atoms with Crippen LogP contribution in [0.1, 0.15) is 0 Å². The van der Waals surface area contributed by atoms with Gasteiger partial charge in [-0.3, -0.25) is 0 Å². The molecular formula is C12H2Br8O4S. The van der Waals surface area contributed by atoms with Crippen molar-refractivity contribution in [1.82, 2.24) is 0 Å². The number of halogens is 8. The van der Waals surface area contributed by atoms with E-state index >= 15 is 0 Å². The smallest absolute Gasteiger partial charge is 0.211 e. The number of sulfone groups is 1. The lowest BCUT2D eigenvalue weighted by Crippen LogP contribution is -2.08. The molecule has 25 heavy (non-hydrogen) atoms. The Morgan fingerprint density at radius 3 is 0.880 bits per heavy atom. The van der Waals surface area contributed by atoms with E-state index < -0.39 is 9.84 Å². The van der Waals surface area contributed by atoms with Crippen LogP contribution in [0.5, 0.6) is 11.5 Å². The summed E-state index contributed by atoms with van der Waals surface area (Å²) in [4.78, 5) is -0.232. The number of phenols is 2. The van der Waals surface area contributed by atoms with Crippen LogP contribution >= 0.6 is 127 Å². The fourth-order valence-electron chi connectivity index (χ4n) is 1.77. The van der Waals surface area contributed by atoms with E-state index in [0.717, 1.165) is 0 Å². The van der Waals surface area contributed by atoms with Gasteiger partial charge in [-0.05, 0) is 127 Å².